The van der Waals surface area contributed by atoms with Crippen molar-refractivity contribution in [1.29, 1.82) is 0 Å². The minimum absolute atomic E-state index is 0.333. The second-order valence-electron chi connectivity index (χ2n) is 9.99. The number of para-hydroxylation sites is 1. The zero-order valence-corrected chi connectivity index (χ0v) is 18.6. The van der Waals surface area contributed by atoms with Crippen molar-refractivity contribution in [2.75, 3.05) is 0 Å². The van der Waals surface area contributed by atoms with Crippen molar-refractivity contribution in [3.8, 4) is 5.75 Å². The number of hydrogen-bond donors (Lipinski definition) is 0. The van der Waals surface area contributed by atoms with Crippen molar-refractivity contribution in [1.82, 2.24) is 0 Å². The SMILES string of the molecule is CC(C=CC12CC1(C)CCCC2(C)C)=Cc1ccc(C(=O)Oc2ccccc2)cc1. The van der Waals surface area contributed by atoms with E-state index in [0.717, 1.165) is 5.56 Å². The second-order valence-corrected chi connectivity index (χ2v) is 9.99. The Labute approximate surface area is 180 Å². The van der Waals surface area contributed by atoms with E-state index in [1.165, 1.54) is 31.3 Å². The average Bonchev–Trinajstić information content (AvgIpc) is 3.35. The number of rotatable bonds is 5. The molecule has 0 saturated heterocycles. The van der Waals surface area contributed by atoms with Gasteiger partial charge in [-0.1, -0.05) is 81.3 Å². The topological polar surface area (TPSA) is 26.3 Å². The van der Waals surface area contributed by atoms with Crippen molar-refractivity contribution in [2.45, 2.75) is 53.4 Å². The summed E-state index contributed by atoms with van der Waals surface area (Å²) in [6.45, 7) is 9.49. The molecule has 2 aliphatic rings. The zero-order valence-electron chi connectivity index (χ0n) is 18.6. The molecular weight excluding hydrogens is 368 g/mol. The summed E-state index contributed by atoms with van der Waals surface area (Å²) in [7, 11) is 0. The second kappa shape index (κ2) is 7.58. The van der Waals surface area contributed by atoms with Crippen LogP contribution in [0.5, 0.6) is 5.75 Å². The molecule has 2 aliphatic carbocycles. The summed E-state index contributed by atoms with van der Waals surface area (Å²) in [5, 5.41) is 0. The first-order valence-corrected chi connectivity index (χ1v) is 11.0. The number of fused-ring (bicyclic) bond motifs is 1. The molecule has 156 valence electrons. The van der Waals surface area contributed by atoms with E-state index in [-0.39, 0.29) is 5.97 Å². The zero-order chi connectivity index (χ0) is 21.4. The van der Waals surface area contributed by atoms with Crippen LogP contribution in [0.3, 0.4) is 0 Å². The molecule has 0 amide bonds. The Kier molecular flexibility index (Phi) is 5.22. The Hall–Kier alpha value is -2.61. The highest BCUT2D eigenvalue weighted by Gasteiger charge is 2.69. The minimum Gasteiger partial charge on any atom is -0.423 e. The third-order valence-corrected chi connectivity index (χ3v) is 7.48. The number of carbonyl (C=O) groups excluding carboxylic acids is 1. The molecule has 0 bridgehead atoms. The van der Waals surface area contributed by atoms with E-state index < -0.39 is 0 Å². The lowest BCUT2D eigenvalue weighted by atomic mass is 9.63. The van der Waals surface area contributed by atoms with Crippen molar-refractivity contribution in [3.05, 3.63) is 83.4 Å². The number of carbonyl (C=O) groups is 1. The number of allylic oxidation sites excluding steroid dienone is 3. The fourth-order valence-electron chi connectivity index (χ4n) is 5.52. The summed E-state index contributed by atoms with van der Waals surface area (Å²) >= 11 is 0. The Morgan fingerprint density at radius 1 is 0.967 bits per heavy atom. The fraction of sp³-hybridized carbons (Fsp3) is 0.393. The number of benzene rings is 2. The van der Waals surface area contributed by atoms with Gasteiger partial charge < -0.3 is 4.74 Å². The first-order valence-electron chi connectivity index (χ1n) is 11.0. The normalized spacial score (nSPS) is 27.5. The highest BCUT2D eigenvalue weighted by molar-refractivity contribution is 5.91. The Morgan fingerprint density at radius 2 is 1.67 bits per heavy atom. The molecule has 2 atom stereocenters. The average molecular weight is 401 g/mol. The van der Waals surface area contributed by atoms with Gasteiger partial charge >= 0.3 is 5.97 Å². The van der Waals surface area contributed by atoms with Gasteiger partial charge in [-0.25, -0.2) is 4.79 Å². The predicted molar refractivity (Wildman–Crippen MR) is 123 cm³/mol. The molecule has 0 radical (unpaired) electrons. The van der Waals surface area contributed by atoms with E-state index in [4.69, 9.17) is 4.74 Å². The van der Waals surface area contributed by atoms with Gasteiger partial charge in [0, 0.05) is 0 Å². The van der Waals surface area contributed by atoms with E-state index in [1.54, 1.807) is 12.1 Å². The van der Waals surface area contributed by atoms with Crippen molar-refractivity contribution in [3.63, 3.8) is 0 Å². The van der Waals surface area contributed by atoms with Gasteiger partial charge in [-0.15, -0.1) is 0 Å². The molecule has 0 N–H and O–H groups in total. The Morgan fingerprint density at radius 3 is 2.33 bits per heavy atom. The maximum Gasteiger partial charge on any atom is 0.343 e. The first kappa shape index (κ1) is 20.7. The largest absolute Gasteiger partial charge is 0.423 e. The lowest BCUT2D eigenvalue weighted by molar-refractivity contribution is 0.0735. The van der Waals surface area contributed by atoms with Gasteiger partial charge in [0.25, 0.3) is 0 Å². The summed E-state index contributed by atoms with van der Waals surface area (Å²) < 4.78 is 5.41. The highest BCUT2D eigenvalue weighted by atomic mass is 16.5. The third kappa shape index (κ3) is 3.76. The van der Waals surface area contributed by atoms with E-state index in [9.17, 15) is 4.79 Å². The lowest BCUT2D eigenvalue weighted by Gasteiger charge is -2.41. The molecule has 2 unspecified atom stereocenters. The predicted octanol–water partition coefficient (Wildman–Crippen LogP) is 7.47. The van der Waals surface area contributed by atoms with Crippen LogP contribution in [0.2, 0.25) is 0 Å². The highest BCUT2D eigenvalue weighted by Crippen LogP contribution is 2.78. The van der Waals surface area contributed by atoms with Crippen LogP contribution in [0.4, 0.5) is 0 Å². The molecule has 0 spiro atoms. The van der Waals surface area contributed by atoms with E-state index in [2.05, 4.69) is 45.9 Å². The van der Waals surface area contributed by atoms with Crippen LogP contribution in [0.25, 0.3) is 6.08 Å². The monoisotopic (exact) mass is 400 g/mol. The molecule has 0 heterocycles. The Balaban J connectivity index is 1.44. The summed E-state index contributed by atoms with van der Waals surface area (Å²) in [6, 6.07) is 16.8. The van der Waals surface area contributed by atoms with Crippen LogP contribution in [-0.4, -0.2) is 5.97 Å². The molecule has 0 aromatic heterocycles. The Bertz CT molecular complexity index is 981. The van der Waals surface area contributed by atoms with Gasteiger partial charge in [0.05, 0.1) is 5.56 Å². The van der Waals surface area contributed by atoms with Crippen LogP contribution in [-0.2, 0) is 0 Å². The summed E-state index contributed by atoms with van der Waals surface area (Å²) in [6.07, 6.45) is 12.3. The quantitative estimate of drug-likeness (QED) is 0.295. The summed E-state index contributed by atoms with van der Waals surface area (Å²) in [5.41, 5.74) is 4.08. The first-order chi connectivity index (χ1) is 14.2. The van der Waals surface area contributed by atoms with Gasteiger partial charge in [0.1, 0.15) is 5.75 Å². The molecule has 30 heavy (non-hydrogen) atoms. The van der Waals surface area contributed by atoms with Gasteiger partial charge in [-0.3, -0.25) is 0 Å². The van der Waals surface area contributed by atoms with Crippen molar-refractivity contribution >= 4 is 12.0 Å². The minimum atomic E-state index is -0.333. The maximum atomic E-state index is 12.3. The summed E-state index contributed by atoms with van der Waals surface area (Å²) in [4.78, 5) is 12.3. The van der Waals surface area contributed by atoms with E-state index in [0.29, 0.717) is 27.6 Å². The smallest absolute Gasteiger partial charge is 0.343 e. The molecule has 2 saturated carbocycles. The van der Waals surface area contributed by atoms with Gasteiger partial charge in [-0.05, 0) is 72.3 Å². The standard InChI is InChI=1S/C28H32O2/c1-21(15-18-28-20-27(28,4)17-8-16-26(28,2)3)19-22-11-13-23(14-12-22)25(29)30-24-9-6-5-7-10-24/h5-7,9-15,18-19H,8,16-17,20H2,1-4H3. The molecule has 2 aromatic rings. The molecule has 2 nitrogen and oxygen atoms in total. The molecule has 2 heteroatoms. The van der Waals surface area contributed by atoms with Crippen LogP contribution in [0.1, 0.15) is 69.3 Å². The lowest BCUT2D eigenvalue weighted by Crippen LogP contribution is -2.32. The van der Waals surface area contributed by atoms with Gasteiger partial charge in [0.15, 0.2) is 0 Å². The molecule has 2 fully saturated rings. The number of ether oxygens (including phenoxy) is 1. The summed E-state index contributed by atoms with van der Waals surface area (Å²) in [5.74, 6) is 0.226. The van der Waals surface area contributed by atoms with Crippen LogP contribution < -0.4 is 4.74 Å². The van der Waals surface area contributed by atoms with Gasteiger partial charge in [0.2, 0.25) is 0 Å². The molecule has 4 rings (SSSR count). The van der Waals surface area contributed by atoms with E-state index in [1.807, 2.05) is 42.5 Å². The van der Waals surface area contributed by atoms with Crippen LogP contribution in [0, 0.1) is 16.2 Å². The van der Waals surface area contributed by atoms with E-state index >= 15 is 0 Å². The number of esters is 1. The maximum absolute atomic E-state index is 12.3. The fourth-order valence-corrected chi connectivity index (χ4v) is 5.52. The van der Waals surface area contributed by atoms with Gasteiger partial charge in [-0.2, -0.15) is 0 Å². The van der Waals surface area contributed by atoms with Crippen molar-refractivity contribution < 1.29 is 9.53 Å². The molecule has 0 aliphatic heterocycles. The van der Waals surface area contributed by atoms with Crippen LogP contribution in [0.15, 0.2) is 72.3 Å². The third-order valence-electron chi connectivity index (χ3n) is 7.48. The van der Waals surface area contributed by atoms with Crippen molar-refractivity contribution in [2.24, 2.45) is 16.2 Å². The van der Waals surface area contributed by atoms with Crippen LogP contribution >= 0.6 is 0 Å². The number of hydrogen-bond acceptors (Lipinski definition) is 2. The molecular formula is C28H32O2. The molecule has 2 aromatic carbocycles.